The normalized spacial score (nSPS) is 17.7. The van der Waals surface area contributed by atoms with Crippen LogP contribution in [-0.2, 0) is 37.5 Å². The van der Waals surface area contributed by atoms with E-state index in [1.165, 1.54) is 83.5 Å². The Morgan fingerprint density at radius 2 is 1.33 bits per heavy atom. The molecule has 1 rings (SSSR count). The number of carbonyl (C=O) groups excluding carboxylic acids is 3. The lowest BCUT2D eigenvalue weighted by Gasteiger charge is -2.19. The summed E-state index contributed by atoms with van der Waals surface area (Å²) in [5.41, 5.74) is 5.35. The molecule has 0 aromatic carbocycles. The maximum absolute atomic E-state index is 12.6. The van der Waals surface area contributed by atoms with Gasteiger partial charge in [-0.1, -0.05) is 166 Å². The van der Waals surface area contributed by atoms with Gasteiger partial charge in [-0.2, -0.15) is 0 Å². The summed E-state index contributed by atoms with van der Waals surface area (Å²) in [6.45, 7) is 3.42. The van der Waals surface area contributed by atoms with E-state index in [0.29, 0.717) is 32.1 Å². The van der Waals surface area contributed by atoms with Gasteiger partial charge in [-0.15, -0.1) is 0 Å². The Balaban J connectivity index is 2.33. The lowest BCUT2D eigenvalue weighted by atomic mass is 9.90. The third-order valence-electron chi connectivity index (χ3n) is 10.3. The van der Waals surface area contributed by atoms with E-state index in [9.17, 15) is 28.9 Å². The van der Waals surface area contributed by atoms with Gasteiger partial charge in [0.2, 0.25) is 0 Å². The summed E-state index contributed by atoms with van der Waals surface area (Å²) in [4.78, 5) is 47.4. The van der Waals surface area contributed by atoms with Crippen molar-refractivity contribution in [2.75, 3.05) is 26.4 Å². The van der Waals surface area contributed by atoms with Crippen molar-refractivity contribution in [1.29, 1.82) is 0 Å². The van der Waals surface area contributed by atoms with Crippen molar-refractivity contribution in [3.8, 4) is 0 Å². The Kier molecular flexibility index (Phi) is 33.2. The number of rotatable bonds is 39. The highest BCUT2D eigenvalue weighted by atomic mass is 31.2. The number of ether oxygens (including phenoxy) is 2. The molecule has 330 valence electrons. The average Bonchev–Trinajstić information content (AvgIpc) is 3.54. The maximum atomic E-state index is 12.6. The predicted octanol–water partition coefficient (Wildman–Crippen LogP) is 10.6. The van der Waals surface area contributed by atoms with E-state index >= 15 is 0 Å². The molecule has 0 amide bonds. The van der Waals surface area contributed by atoms with Crippen molar-refractivity contribution in [1.82, 2.24) is 0 Å². The molecule has 0 radical (unpaired) electrons. The zero-order chi connectivity index (χ0) is 41.8. The van der Waals surface area contributed by atoms with Crippen LogP contribution in [0.15, 0.2) is 36.5 Å². The van der Waals surface area contributed by atoms with E-state index in [0.717, 1.165) is 38.5 Å². The number of ketones is 1. The van der Waals surface area contributed by atoms with E-state index in [4.69, 9.17) is 24.3 Å². The van der Waals surface area contributed by atoms with Crippen molar-refractivity contribution in [2.45, 2.75) is 193 Å². The summed E-state index contributed by atoms with van der Waals surface area (Å²) in [5, 5.41) is 10.2. The van der Waals surface area contributed by atoms with Gasteiger partial charge in [-0.3, -0.25) is 23.4 Å². The molecule has 0 fully saturated rings. The van der Waals surface area contributed by atoms with E-state index in [1.807, 2.05) is 24.3 Å². The number of allylic oxidation sites excluding steroid dienone is 5. The van der Waals surface area contributed by atoms with Crippen molar-refractivity contribution < 1.29 is 47.5 Å². The molecule has 0 aromatic rings. The zero-order valence-electron chi connectivity index (χ0n) is 35.7. The van der Waals surface area contributed by atoms with Gasteiger partial charge in [-0.25, -0.2) is 4.57 Å². The van der Waals surface area contributed by atoms with E-state index in [-0.39, 0.29) is 50.2 Å². The zero-order valence-corrected chi connectivity index (χ0v) is 36.6. The molecule has 5 atom stereocenters. The summed E-state index contributed by atoms with van der Waals surface area (Å²) < 4.78 is 32.8. The van der Waals surface area contributed by atoms with Gasteiger partial charge in [0.1, 0.15) is 6.61 Å². The first kappa shape index (κ1) is 52.9. The molecule has 0 aromatic heterocycles. The lowest BCUT2D eigenvalue weighted by molar-refractivity contribution is -0.161. The minimum atomic E-state index is -4.42. The SMILES string of the molecule is CCCCCCCCCCCCCCCCCCCC(=O)O[C@H](COC(=O)CCC/C=C\C[C@H]1C=CC(=O)[C@@H]1/C=C/[C@@H](O)CCCCC)COP(=O)(O)OCCN. The summed E-state index contributed by atoms with van der Waals surface area (Å²) in [7, 11) is -4.42. The molecule has 0 bridgehead atoms. The average molecular weight is 826 g/mol. The molecule has 11 nitrogen and oxygen atoms in total. The molecule has 0 spiro atoms. The van der Waals surface area contributed by atoms with Crippen LogP contribution < -0.4 is 5.73 Å². The highest BCUT2D eigenvalue weighted by Crippen LogP contribution is 2.43. The van der Waals surface area contributed by atoms with Crippen LogP contribution in [0.5, 0.6) is 0 Å². The summed E-state index contributed by atoms with van der Waals surface area (Å²) in [6, 6.07) is 0. The molecular formula is C45H80NO10P. The van der Waals surface area contributed by atoms with E-state index in [2.05, 4.69) is 13.8 Å². The van der Waals surface area contributed by atoms with Crippen molar-refractivity contribution in [3.05, 3.63) is 36.5 Å². The Bertz CT molecular complexity index is 1170. The molecule has 12 heteroatoms. The van der Waals surface area contributed by atoms with Gasteiger partial charge < -0.3 is 25.2 Å². The van der Waals surface area contributed by atoms with Crippen LogP contribution in [0.4, 0.5) is 0 Å². The number of esters is 2. The quantitative estimate of drug-likeness (QED) is 0.0233. The molecule has 0 heterocycles. The Morgan fingerprint density at radius 3 is 1.93 bits per heavy atom. The first-order valence-electron chi connectivity index (χ1n) is 22.5. The molecule has 1 unspecified atom stereocenters. The van der Waals surface area contributed by atoms with Gasteiger partial charge in [0.25, 0.3) is 0 Å². The third-order valence-corrected chi connectivity index (χ3v) is 11.3. The Morgan fingerprint density at radius 1 is 0.772 bits per heavy atom. The number of aliphatic hydroxyl groups excluding tert-OH is 1. The minimum absolute atomic E-state index is 0.0257. The van der Waals surface area contributed by atoms with Gasteiger partial charge in [0.15, 0.2) is 11.9 Å². The van der Waals surface area contributed by atoms with Crippen molar-refractivity contribution >= 4 is 25.5 Å². The number of aliphatic hydroxyl groups is 1. The number of nitrogens with two attached hydrogens (primary N) is 1. The second-order valence-electron chi connectivity index (χ2n) is 15.6. The van der Waals surface area contributed by atoms with Gasteiger partial charge in [-0.05, 0) is 44.1 Å². The standard InChI is InChI=1S/C45H80NO10P/c1-3-5-7-8-9-10-11-12-13-14-15-16-17-18-19-20-26-30-45(50)56-41(38-55-57(51,52)54-36-35-46)37-53-44(49)29-25-22-21-24-27-39-31-34-43(48)42(39)33-32-40(47)28-23-6-4-2/h21,24,31-34,39-42,47H,3-20,22-23,25-30,35-38,46H2,1-2H3,(H,51,52)/b24-21-,33-32+/t39-,40-,41+,42+/m0/s1. The topological polar surface area (TPSA) is 172 Å². The van der Waals surface area contributed by atoms with E-state index in [1.54, 1.807) is 12.2 Å². The molecular weight excluding hydrogens is 745 g/mol. The number of phosphoric ester groups is 1. The predicted molar refractivity (Wildman–Crippen MR) is 228 cm³/mol. The molecule has 57 heavy (non-hydrogen) atoms. The molecule has 0 saturated carbocycles. The van der Waals surface area contributed by atoms with Gasteiger partial charge in [0, 0.05) is 25.3 Å². The summed E-state index contributed by atoms with van der Waals surface area (Å²) in [5.74, 6) is -1.18. The van der Waals surface area contributed by atoms with Crippen molar-refractivity contribution in [2.24, 2.45) is 17.6 Å². The van der Waals surface area contributed by atoms with Crippen LogP contribution in [0.3, 0.4) is 0 Å². The van der Waals surface area contributed by atoms with Crippen LogP contribution in [0, 0.1) is 11.8 Å². The first-order chi connectivity index (χ1) is 27.6. The highest BCUT2D eigenvalue weighted by molar-refractivity contribution is 7.47. The second-order valence-corrected chi connectivity index (χ2v) is 17.0. The molecule has 1 aliphatic carbocycles. The fourth-order valence-electron chi connectivity index (χ4n) is 6.80. The van der Waals surface area contributed by atoms with E-state index < -0.39 is 38.6 Å². The lowest BCUT2D eigenvalue weighted by Crippen LogP contribution is -2.29. The van der Waals surface area contributed by atoms with Crippen molar-refractivity contribution in [3.63, 3.8) is 0 Å². The fraction of sp³-hybridized carbons (Fsp3) is 0.800. The Labute approximate surface area is 345 Å². The van der Waals surface area contributed by atoms with Crippen LogP contribution in [0.25, 0.3) is 0 Å². The molecule has 0 aliphatic heterocycles. The van der Waals surface area contributed by atoms with Crippen LogP contribution in [0.1, 0.15) is 181 Å². The van der Waals surface area contributed by atoms with Gasteiger partial charge >= 0.3 is 19.8 Å². The molecule has 1 aliphatic rings. The third kappa shape index (κ3) is 30.5. The number of carbonyl (C=O) groups is 3. The number of unbranched alkanes of at least 4 members (excludes halogenated alkanes) is 19. The number of phosphoric acid groups is 1. The number of hydrogen-bond donors (Lipinski definition) is 3. The summed E-state index contributed by atoms with van der Waals surface area (Å²) >= 11 is 0. The number of hydrogen-bond acceptors (Lipinski definition) is 10. The first-order valence-corrected chi connectivity index (χ1v) is 24.0. The minimum Gasteiger partial charge on any atom is -0.462 e. The monoisotopic (exact) mass is 826 g/mol. The highest BCUT2D eigenvalue weighted by Gasteiger charge is 2.27. The maximum Gasteiger partial charge on any atom is 0.472 e. The summed E-state index contributed by atoms with van der Waals surface area (Å²) in [6.07, 6.45) is 36.6. The molecule has 4 N–H and O–H groups in total. The Hall–Kier alpha value is -2.14. The van der Waals surface area contributed by atoms with Crippen LogP contribution >= 0.6 is 7.82 Å². The van der Waals surface area contributed by atoms with Crippen LogP contribution in [-0.4, -0.2) is 66.3 Å². The second kappa shape index (κ2) is 35.8. The largest absolute Gasteiger partial charge is 0.472 e. The van der Waals surface area contributed by atoms with Gasteiger partial charge in [0.05, 0.1) is 19.3 Å². The molecule has 0 saturated heterocycles. The van der Waals surface area contributed by atoms with Crippen LogP contribution in [0.2, 0.25) is 0 Å². The fourth-order valence-corrected chi connectivity index (χ4v) is 7.57. The smallest absolute Gasteiger partial charge is 0.462 e.